The molecule has 17 heavy (non-hydrogen) atoms. The molecule has 3 aromatic rings. The number of rotatable bonds is 3. The lowest BCUT2D eigenvalue weighted by Crippen LogP contribution is -1.98. The molecule has 0 aliphatic heterocycles. The van der Waals surface area contributed by atoms with E-state index in [1.54, 1.807) is 0 Å². The number of aromatic nitrogens is 1. The summed E-state index contributed by atoms with van der Waals surface area (Å²) in [5, 5.41) is 5.53. The summed E-state index contributed by atoms with van der Waals surface area (Å²) in [6.07, 6.45) is 1.06. The third-order valence-corrected chi connectivity index (χ3v) is 2.78. The maximum absolute atomic E-state index is 5.66. The van der Waals surface area contributed by atoms with E-state index in [9.17, 15) is 0 Å². The number of benzene rings is 2. The van der Waals surface area contributed by atoms with Crippen molar-refractivity contribution in [2.24, 2.45) is 0 Å². The first-order chi connectivity index (χ1) is 8.36. The smallest absolute Gasteiger partial charge is 0.295 e. The van der Waals surface area contributed by atoms with E-state index in [0.29, 0.717) is 6.01 Å². The third kappa shape index (κ3) is 1.84. The van der Waals surface area contributed by atoms with E-state index in [2.05, 4.69) is 35.4 Å². The van der Waals surface area contributed by atoms with Gasteiger partial charge >= 0.3 is 0 Å². The van der Waals surface area contributed by atoms with Crippen LogP contribution < -0.4 is 5.32 Å². The van der Waals surface area contributed by atoms with Crippen LogP contribution in [0.1, 0.15) is 13.3 Å². The summed E-state index contributed by atoms with van der Waals surface area (Å²) in [5.41, 5.74) is 1.74. The number of hydrogen-bond donors (Lipinski definition) is 1. The van der Waals surface area contributed by atoms with Gasteiger partial charge in [0.1, 0.15) is 5.52 Å². The van der Waals surface area contributed by atoms with Crippen LogP contribution in [0.4, 0.5) is 6.01 Å². The Balaban J connectivity index is 2.11. The fourth-order valence-electron chi connectivity index (χ4n) is 1.92. The Kier molecular flexibility index (Phi) is 2.44. The molecule has 0 aliphatic rings. The lowest BCUT2D eigenvalue weighted by atomic mass is 10.1. The number of fused-ring (bicyclic) bond motifs is 2. The van der Waals surface area contributed by atoms with Crippen LogP contribution in [-0.4, -0.2) is 11.5 Å². The first-order valence-electron chi connectivity index (χ1n) is 5.90. The summed E-state index contributed by atoms with van der Waals surface area (Å²) in [4.78, 5) is 4.42. The van der Waals surface area contributed by atoms with Gasteiger partial charge in [-0.25, -0.2) is 0 Å². The third-order valence-electron chi connectivity index (χ3n) is 2.78. The fraction of sp³-hybridized carbons (Fsp3) is 0.214. The molecule has 0 fully saturated rings. The molecule has 0 saturated carbocycles. The quantitative estimate of drug-likeness (QED) is 0.738. The van der Waals surface area contributed by atoms with Crippen molar-refractivity contribution in [2.45, 2.75) is 13.3 Å². The van der Waals surface area contributed by atoms with Crippen LogP contribution >= 0.6 is 0 Å². The van der Waals surface area contributed by atoms with Crippen molar-refractivity contribution in [1.82, 2.24) is 4.98 Å². The minimum Gasteiger partial charge on any atom is -0.424 e. The van der Waals surface area contributed by atoms with Crippen LogP contribution in [0.2, 0.25) is 0 Å². The Bertz CT molecular complexity index is 605. The number of oxazole rings is 1. The molecule has 86 valence electrons. The summed E-state index contributed by atoms with van der Waals surface area (Å²) in [6.45, 7) is 3.00. The van der Waals surface area contributed by atoms with Crippen molar-refractivity contribution < 1.29 is 4.42 Å². The summed E-state index contributed by atoms with van der Waals surface area (Å²) in [5.74, 6) is 0. The summed E-state index contributed by atoms with van der Waals surface area (Å²) in [7, 11) is 0. The highest BCUT2D eigenvalue weighted by Gasteiger charge is 2.05. The molecule has 3 heteroatoms. The van der Waals surface area contributed by atoms with E-state index in [1.807, 2.05) is 18.2 Å². The number of nitrogens with one attached hydrogen (secondary N) is 1. The Morgan fingerprint density at radius 3 is 2.71 bits per heavy atom. The molecule has 0 atom stereocenters. The summed E-state index contributed by atoms with van der Waals surface area (Å²) >= 11 is 0. The van der Waals surface area contributed by atoms with Crippen molar-refractivity contribution >= 4 is 27.9 Å². The van der Waals surface area contributed by atoms with E-state index in [1.165, 1.54) is 10.8 Å². The topological polar surface area (TPSA) is 38.1 Å². The standard InChI is InChI=1S/C14H14N2O/c1-2-7-15-14-16-12-8-10-5-3-4-6-11(10)9-13(12)17-14/h3-6,8-9H,2,7H2,1H3,(H,15,16). The highest BCUT2D eigenvalue weighted by Crippen LogP contribution is 2.24. The molecular formula is C14H14N2O. The zero-order valence-electron chi connectivity index (χ0n) is 9.73. The Labute approximate surface area is 99.5 Å². The van der Waals surface area contributed by atoms with Crippen LogP contribution in [-0.2, 0) is 0 Å². The maximum Gasteiger partial charge on any atom is 0.295 e. The predicted molar refractivity (Wildman–Crippen MR) is 70.3 cm³/mol. The maximum atomic E-state index is 5.66. The van der Waals surface area contributed by atoms with Gasteiger partial charge in [-0.05, 0) is 29.3 Å². The van der Waals surface area contributed by atoms with Crippen LogP contribution in [0.3, 0.4) is 0 Å². The van der Waals surface area contributed by atoms with E-state index in [0.717, 1.165) is 24.1 Å². The molecule has 0 spiro atoms. The number of nitrogens with zero attached hydrogens (tertiary/aromatic N) is 1. The van der Waals surface area contributed by atoms with Gasteiger partial charge in [-0.3, -0.25) is 0 Å². The van der Waals surface area contributed by atoms with Crippen LogP contribution in [0.5, 0.6) is 0 Å². The summed E-state index contributed by atoms with van der Waals surface area (Å²) < 4.78 is 5.66. The highest BCUT2D eigenvalue weighted by molar-refractivity contribution is 5.94. The van der Waals surface area contributed by atoms with Crippen molar-refractivity contribution in [3.63, 3.8) is 0 Å². The van der Waals surface area contributed by atoms with Gasteiger partial charge in [0.25, 0.3) is 6.01 Å². The second kappa shape index (κ2) is 4.09. The second-order valence-corrected chi connectivity index (χ2v) is 4.11. The van der Waals surface area contributed by atoms with Crippen LogP contribution in [0.15, 0.2) is 40.8 Å². The molecule has 1 heterocycles. The molecule has 1 aromatic heterocycles. The Hall–Kier alpha value is -2.03. The van der Waals surface area contributed by atoms with Crippen molar-refractivity contribution in [3.8, 4) is 0 Å². The van der Waals surface area contributed by atoms with Crippen molar-refractivity contribution in [3.05, 3.63) is 36.4 Å². The van der Waals surface area contributed by atoms with Gasteiger partial charge in [0, 0.05) is 6.54 Å². The molecule has 0 saturated heterocycles. The first kappa shape index (κ1) is 10.1. The van der Waals surface area contributed by atoms with Crippen molar-refractivity contribution in [2.75, 3.05) is 11.9 Å². The average Bonchev–Trinajstić information content (AvgIpc) is 2.75. The molecule has 3 rings (SSSR count). The largest absolute Gasteiger partial charge is 0.424 e. The minimum absolute atomic E-state index is 0.608. The fourth-order valence-corrected chi connectivity index (χ4v) is 1.92. The molecule has 0 amide bonds. The lowest BCUT2D eigenvalue weighted by Gasteiger charge is -1.95. The molecule has 0 bridgehead atoms. The molecule has 0 radical (unpaired) electrons. The van der Waals surface area contributed by atoms with E-state index in [-0.39, 0.29) is 0 Å². The normalized spacial score (nSPS) is 11.1. The Morgan fingerprint density at radius 2 is 1.94 bits per heavy atom. The number of anilines is 1. The molecule has 3 nitrogen and oxygen atoms in total. The van der Waals surface area contributed by atoms with Gasteiger partial charge in [-0.15, -0.1) is 0 Å². The number of hydrogen-bond acceptors (Lipinski definition) is 3. The van der Waals surface area contributed by atoms with Gasteiger partial charge in [-0.1, -0.05) is 31.2 Å². The second-order valence-electron chi connectivity index (χ2n) is 4.11. The van der Waals surface area contributed by atoms with Gasteiger partial charge in [0.2, 0.25) is 0 Å². The zero-order valence-corrected chi connectivity index (χ0v) is 9.73. The Morgan fingerprint density at radius 1 is 1.18 bits per heavy atom. The van der Waals surface area contributed by atoms with Gasteiger partial charge in [0.05, 0.1) is 0 Å². The van der Waals surface area contributed by atoms with E-state index in [4.69, 9.17) is 4.42 Å². The summed E-state index contributed by atoms with van der Waals surface area (Å²) in [6, 6.07) is 12.9. The van der Waals surface area contributed by atoms with Crippen LogP contribution in [0, 0.1) is 0 Å². The molecule has 0 unspecified atom stereocenters. The monoisotopic (exact) mass is 226 g/mol. The SMILES string of the molecule is CCCNc1nc2cc3ccccc3cc2o1. The predicted octanol–water partition coefficient (Wildman–Crippen LogP) is 3.80. The van der Waals surface area contributed by atoms with Gasteiger partial charge < -0.3 is 9.73 Å². The highest BCUT2D eigenvalue weighted by atomic mass is 16.4. The van der Waals surface area contributed by atoms with Crippen molar-refractivity contribution in [1.29, 1.82) is 0 Å². The van der Waals surface area contributed by atoms with Crippen LogP contribution in [0.25, 0.3) is 21.9 Å². The van der Waals surface area contributed by atoms with Gasteiger partial charge in [-0.2, -0.15) is 4.98 Å². The molecule has 1 N–H and O–H groups in total. The average molecular weight is 226 g/mol. The first-order valence-corrected chi connectivity index (χ1v) is 5.90. The zero-order chi connectivity index (χ0) is 11.7. The van der Waals surface area contributed by atoms with E-state index < -0.39 is 0 Å². The molecule has 0 aliphatic carbocycles. The molecular weight excluding hydrogens is 212 g/mol. The van der Waals surface area contributed by atoms with E-state index >= 15 is 0 Å². The van der Waals surface area contributed by atoms with Gasteiger partial charge in [0.15, 0.2) is 5.58 Å². The molecule has 2 aromatic carbocycles. The lowest BCUT2D eigenvalue weighted by molar-refractivity contribution is 0.614. The minimum atomic E-state index is 0.608.